The van der Waals surface area contributed by atoms with Crippen molar-refractivity contribution in [3.05, 3.63) is 23.3 Å². The lowest BCUT2D eigenvalue weighted by Crippen LogP contribution is -2.42. The highest BCUT2D eigenvalue weighted by Crippen LogP contribution is 2.44. The molecule has 0 aromatic carbocycles. The summed E-state index contributed by atoms with van der Waals surface area (Å²) in [5.41, 5.74) is 1.33. The number of aliphatic hydroxyl groups excluding tert-OH is 2. The fourth-order valence-corrected chi connectivity index (χ4v) is 4.94. The molecule has 0 aromatic rings. The fourth-order valence-electron chi connectivity index (χ4n) is 4.94. The van der Waals surface area contributed by atoms with Gasteiger partial charge in [0.15, 0.2) is 0 Å². The van der Waals surface area contributed by atoms with E-state index < -0.39 is 17.6 Å². The Hall–Kier alpha value is -1.66. The van der Waals surface area contributed by atoms with Gasteiger partial charge in [0.25, 0.3) is 0 Å². The summed E-state index contributed by atoms with van der Waals surface area (Å²) in [5, 5.41) is 20.8. The summed E-state index contributed by atoms with van der Waals surface area (Å²) in [5.74, 6) is -0.266. The largest absolute Gasteiger partial charge is 0.462 e. The Morgan fingerprint density at radius 3 is 2.58 bits per heavy atom. The first-order chi connectivity index (χ1) is 14.5. The van der Waals surface area contributed by atoms with Crippen molar-refractivity contribution in [1.29, 1.82) is 0 Å². The van der Waals surface area contributed by atoms with E-state index in [2.05, 4.69) is 13.0 Å². The molecule has 0 amide bonds. The van der Waals surface area contributed by atoms with Crippen LogP contribution >= 0.6 is 0 Å². The number of hydrogen-bond donors (Lipinski definition) is 2. The van der Waals surface area contributed by atoms with E-state index in [4.69, 9.17) is 9.47 Å². The third-order valence-electron chi connectivity index (χ3n) is 7.46. The molecule has 1 saturated heterocycles. The Kier molecular flexibility index (Phi) is 7.32. The molecule has 2 aliphatic carbocycles. The van der Waals surface area contributed by atoms with Crippen LogP contribution in [0.4, 0.5) is 0 Å². The zero-order valence-electron chi connectivity index (χ0n) is 19.5. The van der Waals surface area contributed by atoms with Crippen LogP contribution in [-0.4, -0.2) is 46.6 Å². The van der Waals surface area contributed by atoms with Gasteiger partial charge in [0.05, 0.1) is 24.0 Å². The second-order valence-electron chi connectivity index (χ2n) is 10.3. The van der Waals surface area contributed by atoms with E-state index in [1.54, 1.807) is 0 Å². The standard InChI is InChI=1S/C25H38O6/c1-6-25(4,5)24(29)31-20-11-15(3)23(28)19-9-7-14(2)18(22(19)20)10-8-17-12-16(26)13-21(27)30-17/h7,9,14-18,20,23,26,28H,6,8,10-13H2,1-5H3/t14-,15+,16+,17+,18-,20+,23-/m0/s1. The van der Waals surface area contributed by atoms with E-state index >= 15 is 0 Å². The van der Waals surface area contributed by atoms with Gasteiger partial charge in [0.2, 0.25) is 0 Å². The zero-order chi connectivity index (χ0) is 22.9. The molecule has 2 N–H and O–H groups in total. The van der Waals surface area contributed by atoms with E-state index in [0.29, 0.717) is 25.7 Å². The molecule has 1 heterocycles. The molecule has 0 radical (unpaired) electrons. The molecule has 0 bridgehead atoms. The number of esters is 2. The monoisotopic (exact) mass is 434 g/mol. The molecule has 0 aromatic heterocycles. The molecule has 0 saturated carbocycles. The van der Waals surface area contributed by atoms with E-state index in [1.807, 2.05) is 33.8 Å². The van der Waals surface area contributed by atoms with Gasteiger partial charge in [-0.15, -0.1) is 0 Å². The normalized spacial score (nSPS) is 36.1. The first kappa shape index (κ1) is 24.0. The summed E-state index contributed by atoms with van der Waals surface area (Å²) in [4.78, 5) is 24.6. The predicted molar refractivity (Wildman–Crippen MR) is 117 cm³/mol. The molecular weight excluding hydrogens is 396 g/mol. The van der Waals surface area contributed by atoms with Crippen molar-refractivity contribution in [2.24, 2.45) is 23.2 Å². The average molecular weight is 435 g/mol. The number of hydrogen-bond acceptors (Lipinski definition) is 6. The number of rotatable bonds is 6. The highest BCUT2D eigenvalue weighted by atomic mass is 16.6. The highest BCUT2D eigenvalue weighted by molar-refractivity contribution is 5.76. The topological polar surface area (TPSA) is 93.1 Å². The molecule has 7 atom stereocenters. The molecule has 0 spiro atoms. The minimum atomic E-state index is -0.646. The molecule has 3 aliphatic rings. The SMILES string of the molecule is CCC(C)(C)C(=O)O[C@@H]1C[C@@H](C)[C@H](O)C2=C1[C@@H](CC[C@@H]1C[C@@H](O)CC(=O)O1)[C@@H](C)C=C2. The fraction of sp³-hybridized carbons (Fsp3) is 0.760. The third-order valence-corrected chi connectivity index (χ3v) is 7.46. The highest BCUT2D eigenvalue weighted by Gasteiger charge is 2.42. The van der Waals surface area contributed by atoms with Crippen LogP contribution in [0.5, 0.6) is 0 Å². The average Bonchev–Trinajstić information content (AvgIpc) is 2.69. The van der Waals surface area contributed by atoms with Crippen LogP contribution in [0.25, 0.3) is 0 Å². The van der Waals surface area contributed by atoms with Gasteiger partial charge < -0.3 is 19.7 Å². The van der Waals surface area contributed by atoms with Crippen LogP contribution < -0.4 is 0 Å². The zero-order valence-corrected chi connectivity index (χ0v) is 19.5. The molecule has 1 fully saturated rings. The van der Waals surface area contributed by atoms with Crippen molar-refractivity contribution in [3.63, 3.8) is 0 Å². The molecule has 6 nitrogen and oxygen atoms in total. The van der Waals surface area contributed by atoms with Gasteiger partial charge in [-0.3, -0.25) is 9.59 Å². The van der Waals surface area contributed by atoms with Gasteiger partial charge in [-0.1, -0.05) is 32.9 Å². The number of allylic oxidation sites excluding steroid dienone is 1. The molecular formula is C25H38O6. The third kappa shape index (κ3) is 5.23. The number of ether oxygens (including phenoxy) is 2. The summed E-state index contributed by atoms with van der Waals surface area (Å²) in [6.07, 6.45) is 5.40. The van der Waals surface area contributed by atoms with Crippen LogP contribution in [-0.2, 0) is 19.1 Å². The lowest BCUT2D eigenvalue weighted by molar-refractivity contribution is -0.162. The second kappa shape index (κ2) is 9.45. The number of cyclic esters (lactones) is 1. The Morgan fingerprint density at radius 1 is 1.23 bits per heavy atom. The Bertz CT molecular complexity index is 751. The van der Waals surface area contributed by atoms with Gasteiger partial charge in [0, 0.05) is 6.42 Å². The summed E-state index contributed by atoms with van der Waals surface area (Å²) in [6.45, 7) is 9.90. The van der Waals surface area contributed by atoms with Gasteiger partial charge in [-0.2, -0.15) is 0 Å². The van der Waals surface area contributed by atoms with Crippen LogP contribution in [0.2, 0.25) is 0 Å². The van der Waals surface area contributed by atoms with Crippen molar-refractivity contribution in [3.8, 4) is 0 Å². The van der Waals surface area contributed by atoms with E-state index in [1.165, 1.54) is 0 Å². The molecule has 174 valence electrons. The van der Waals surface area contributed by atoms with E-state index in [0.717, 1.165) is 17.6 Å². The molecule has 31 heavy (non-hydrogen) atoms. The molecule has 3 rings (SSSR count). The van der Waals surface area contributed by atoms with Gasteiger partial charge in [-0.05, 0) is 68.4 Å². The summed E-state index contributed by atoms with van der Waals surface area (Å²) in [7, 11) is 0. The maximum absolute atomic E-state index is 12.9. The maximum Gasteiger partial charge on any atom is 0.312 e. The van der Waals surface area contributed by atoms with Crippen LogP contribution in [0.3, 0.4) is 0 Å². The minimum Gasteiger partial charge on any atom is -0.462 e. The molecule has 0 unspecified atom stereocenters. The van der Waals surface area contributed by atoms with Crippen LogP contribution in [0.1, 0.15) is 73.1 Å². The lowest BCUT2D eigenvalue weighted by atomic mass is 9.68. The quantitative estimate of drug-likeness (QED) is 0.619. The number of aliphatic hydroxyl groups is 2. The summed E-state index contributed by atoms with van der Waals surface area (Å²) < 4.78 is 11.5. The smallest absolute Gasteiger partial charge is 0.312 e. The van der Waals surface area contributed by atoms with Gasteiger partial charge >= 0.3 is 11.9 Å². The van der Waals surface area contributed by atoms with Gasteiger partial charge in [0.1, 0.15) is 12.2 Å². The maximum atomic E-state index is 12.9. The minimum absolute atomic E-state index is 0.00515. The first-order valence-electron chi connectivity index (χ1n) is 11.7. The molecule has 1 aliphatic heterocycles. The van der Waals surface area contributed by atoms with Crippen molar-refractivity contribution in [2.45, 2.75) is 97.6 Å². The Morgan fingerprint density at radius 2 is 1.94 bits per heavy atom. The van der Waals surface area contributed by atoms with Crippen molar-refractivity contribution in [2.75, 3.05) is 0 Å². The van der Waals surface area contributed by atoms with Crippen molar-refractivity contribution < 1.29 is 29.3 Å². The Balaban J connectivity index is 1.83. The summed E-state index contributed by atoms with van der Waals surface area (Å²) in [6, 6.07) is 0. The Labute approximate surface area is 185 Å². The van der Waals surface area contributed by atoms with Crippen molar-refractivity contribution in [1.82, 2.24) is 0 Å². The van der Waals surface area contributed by atoms with Crippen LogP contribution in [0.15, 0.2) is 23.3 Å². The number of carbonyl (C=O) groups is 2. The second-order valence-corrected chi connectivity index (χ2v) is 10.3. The lowest BCUT2D eigenvalue weighted by Gasteiger charge is -2.42. The van der Waals surface area contributed by atoms with Gasteiger partial charge in [-0.25, -0.2) is 0 Å². The number of carbonyl (C=O) groups excluding carboxylic acids is 2. The van der Waals surface area contributed by atoms with E-state index in [-0.39, 0.29) is 48.3 Å². The predicted octanol–water partition coefficient (Wildman–Crippen LogP) is 3.70. The first-order valence-corrected chi connectivity index (χ1v) is 11.7. The summed E-state index contributed by atoms with van der Waals surface area (Å²) >= 11 is 0. The van der Waals surface area contributed by atoms with Crippen molar-refractivity contribution >= 4 is 11.9 Å². The molecule has 6 heteroatoms. The van der Waals surface area contributed by atoms with Crippen LogP contribution in [0, 0.1) is 23.2 Å². The van der Waals surface area contributed by atoms with E-state index in [9.17, 15) is 19.8 Å².